The van der Waals surface area contributed by atoms with E-state index in [9.17, 15) is 9.59 Å². The van der Waals surface area contributed by atoms with E-state index in [1.807, 2.05) is 25.1 Å². The number of anilines is 1. The minimum atomic E-state index is -0.987. The van der Waals surface area contributed by atoms with Crippen LogP contribution in [0.4, 0.5) is 5.69 Å². The average Bonchev–Trinajstić information content (AvgIpc) is 3.16. The highest BCUT2D eigenvalue weighted by Gasteiger charge is 2.17. The summed E-state index contributed by atoms with van der Waals surface area (Å²) >= 11 is 0. The summed E-state index contributed by atoms with van der Waals surface area (Å²) in [6.45, 7) is 3.20. The Labute approximate surface area is 158 Å². The molecule has 27 heavy (non-hydrogen) atoms. The zero-order valence-corrected chi connectivity index (χ0v) is 15.2. The van der Waals surface area contributed by atoms with Crippen LogP contribution in [0.1, 0.15) is 34.3 Å². The van der Waals surface area contributed by atoms with E-state index in [4.69, 9.17) is 14.6 Å². The predicted molar refractivity (Wildman–Crippen MR) is 101 cm³/mol. The third-order valence-electron chi connectivity index (χ3n) is 4.43. The van der Waals surface area contributed by atoms with E-state index >= 15 is 0 Å². The number of aromatic carboxylic acids is 1. The molecule has 0 spiro atoms. The number of ether oxygens (including phenoxy) is 2. The highest BCUT2D eigenvalue weighted by atomic mass is 16.5. The molecule has 0 radical (unpaired) electrons. The van der Waals surface area contributed by atoms with Gasteiger partial charge in [-0.2, -0.15) is 0 Å². The van der Waals surface area contributed by atoms with Crippen LogP contribution in [0, 0.1) is 6.92 Å². The van der Waals surface area contributed by atoms with Gasteiger partial charge in [0.15, 0.2) is 0 Å². The maximum absolute atomic E-state index is 12.4. The lowest BCUT2D eigenvalue weighted by Crippen LogP contribution is -2.19. The molecule has 6 heteroatoms. The molecule has 3 rings (SSSR count). The minimum Gasteiger partial charge on any atom is -0.489 e. The first kappa shape index (κ1) is 18.9. The van der Waals surface area contributed by atoms with Gasteiger partial charge in [-0.1, -0.05) is 18.2 Å². The normalized spacial score (nSPS) is 16.1. The van der Waals surface area contributed by atoms with E-state index < -0.39 is 5.97 Å². The van der Waals surface area contributed by atoms with Crippen LogP contribution in [0.25, 0.3) is 0 Å². The van der Waals surface area contributed by atoms with E-state index in [0.717, 1.165) is 30.6 Å². The Kier molecular flexibility index (Phi) is 6.08. The molecule has 2 aromatic rings. The van der Waals surface area contributed by atoms with Crippen LogP contribution in [0.2, 0.25) is 0 Å². The Balaban J connectivity index is 1.63. The molecule has 1 saturated heterocycles. The maximum atomic E-state index is 12.4. The molecule has 0 aliphatic carbocycles. The fourth-order valence-electron chi connectivity index (χ4n) is 2.96. The van der Waals surface area contributed by atoms with Gasteiger partial charge in [-0.15, -0.1) is 0 Å². The number of carboxylic acids is 1. The topological polar surface area (TPSA) is 84.9 Å². The monoisotopic (exact) mass is 369 g/mol. The van der Waals surface area contributed by atoms with Gasteiger partial charge < -0.3 is 19.9 Å². The molecule has 1 heterocycles. The lowest BCUT2D eigenvalue weighted by atomic mass is 10.1. The van der Waals surface area contributed by atoms with Crippen LogP contribution in [-0.4, -0.2) is 36.3 Å². The van der Waals surface area contributed by atoms with Crippen molar-refractivity contribution in [2.45, 2.75) is 32.3 Å². The molecule has 0 saturated carbocycles. The standard InChI is InChI=1S/C21H23NO5/c1-14-4-9-18(19(11-14)27-13-17-3-2-10-26-17)22-20(23)12-15-5-7-16(8-6-15)21(24)25/h4-9,11,17H,2-3,10,12-13H2,1H3,(H,22,23)(H,24,25). The van der Waals surface area contributed by atoms with Crippen molar-refractivity contribution in [3.63, 3.8) is 0 Å². The molecule has 6 nitrogen and oxygen atoms in total. The summed E-state index contributed by atoms with van der Waals surface area (Å²) in [6, 6.07) is 11.9. The molecule has 1 amide bonds. The van der Waals surface area contributed by atoms with Crippen LogP contribution in [0.15, 0.2) is 42.5 Å². The van der Waals surface area contributed by atoms with Crippen LogP contribution in [0.3, 0.4) is 0 Å². The van der Waals surface area contributed by atoms with Crippen molar-refractivity contribution in [2.75, 3.05) is 18.5 Å². The molecule has 0 bridgehead atoms. The number of aryl methyl sites for hydroxylation is 1. The predicted octanol–water partition coefficient (Wildman–Crippen LogP) is 3.43. The van der Waals surface area contributed by atoms with E-state index in [2.05, 4.69) is 5.32 Å². The van der Waals surface area contributed by atoms with E-state index in [1.165, 1.54) is 12.1 Å². The first-order valence-electron chi connectivity index (χ1n) is 8.98. The molecule has 1 atom stereocenters. The average molecular weight is 369 g/mol. The van der Waals surface area contributed by atoms with Gasteiger partial charge in [-0.3, -0.25) is 4.79 Å². The van der Waals surface area contributed by atoms with Crippen molar-refractivity contribution >= 4 is 17.6 Å². The first-order valence-corrected chi connectivity index (χ1v) is 8.98. The lowest BCUT2D eigenvalue weighted by Gasteiger charge is -2.16. The van der Waals surface area contributed by atoms with Crippen molar-refractivity contribution in [2.24, 2.45) is 0 Å². The summed E-state index contributed by atoms with van der Waals surface area (Å²) in [5.74, 6) is -0.553. The van der Waals surface area contributed by atoms with Gasteiger partial charge in [0, 0.05) is 6.61 Å². The Hall–Kier alpha value is -2.86. The summed E-state index contributed by atoms with van der Waals surface area (Å²) in [5.41, 5.74) is 2.60. The number of carbonyl (C=O) groups excluding carboxylic acids is 1. The second-order valence-corrected chi connectivity index (χ2v) is 6.67. The number of carboxylic acid groups (broad SMARTS) is 1. The van der Waals surface area contributed by atoms with Gasteiger partial charge in [0.2, 0.25) is 5.91 Å². The quantitative estimate of drug-likeness (QED) is 0.781. The number of hydrogen-bond acceptors (Lipinski definition) is 4. The van der Waals surface area contributed by atoms with Crippen molar-refractivity contribution in [1.82, 2.24) is 0 Å². The van der Waals surface area contributed by atoms with Gasteiger partial charge >= 0.3 is 5.97 Å². The van der Waals surface area contributed by atoms with Gasteiger partial charge in [-0.05, 0) is 55.2 Å². The summed E-state index contributed by atoms with van der Waals surface area (Å²) < 4.78 is 11.5. The van der Waals surface area contributed by atoms with Crippen LogP contribution >= 0.6 is 0 Å². The Morgan fingerprint density at radius 1 is 1.22 bits per heavy atom. The Bertz CT molecular complexity index is 810. The second-order valence-electron chi connectivity index (χ2n) is 6.67. The molecular formula is C21H23NO5. The van der Waals surface area contributed by atoms with Crippen LogP contribution in [-0.2, 0) is 16.0 Å². The molecule has 1 unspecified atom stereocenters. The molecule has 142 valence electrons. The fraction of sp³-hybridized carbons (Fsp3) is 0.333. The van der Waals surface area contributed by atoms with Crippen molar-refractivity contribution in [1.29, 1.82) is 0 Å². The summed E-state index contributed by atoms with van der Waals surface area (Å²) in [6.07, 6.45) is 2.28. The second kappa shape index (κ2) is 8.68. The van der Waals surface area contributed by atoms with Crippen molar-refractivity contribution in [3.8, 4) is 5.75 Å². The summed E-state index contributed by atoms with van der Waals surface area (Å²) in [4.78, 5) is 23.3. The SMILES string of the molecule is Cc1ccc(NC(=O)Cc2ccc(C(=O)O)cc2)c(OCC2CCCO2)c1. The number of hydrogen-bond donors (Lipinski definition) is 2. The fourth-order valence-corrected chi connectivity index (χ4v) is 2.96. The zero-order valence-electron chi connectivity index (χ0n) is 15.2. The largest absolute Gasteiger partial charge is 0.489 e. The van der Waals surface area contributed by atoms with E-state index in [1.54, 1.807) is 12.1 Å². The van der Waals surface area contributed by atoms with Gasteiger partial charge in [0.25, 0.3) is 0 Å². The number of carbonyl (C=O) groups is 2. The summed E-state index contributed by atoms with van der Waals surface area (Å²) in [5, 5.41) is 11.8. The van der Waals surface area contributed by atoms with E-state index in [-0.39, 0.29) is 24.0 Å². The van der Waals surface area contributed by atoms with Gasteiger partial charge in [-0.25, -0.2) is 4.79 Å². The summed E-state index contributed by atoms with van der Waals surface area (Å²) in [7, 11) is 0. The number of nitrogens with one attached hydrogen (secondary N) is 1. The Morgan fingerprint density at radius 2 is 2.00 bits per heavy atom. The van der Waals surface area contributed by atoms with E-state index in [0.29, 0.717) is 18.0 Å². The molecule has 2 aromatic carbocycles. The highest BCUT2D eigenvalue weighted by molar-refractivity contribution is 5.94. The molecule has 1 aliphatic rings. The highest BCUT2D eigenvalue weighted by Crippen LogP contribution is 2.27. The third kappa shape index (κ3) is 5.31. The molecule has 2 N–H and O–H groups in total. The van der Waals surface area contributed by atoms with Gasteiger partial charge in [0.1, 0.15) is 12.4 Å². The molecule has 1 aliphatic heterocycles. The lowest BCUT2D eigenvalue weighted by molar-refractivity contribution is -0.115. The number of rotatable bonds is 7. The third-order valence-corrected chi connectivity index (χ3v) is 4.43. The first-order chi connectivity index (χ1) is 13.0. The Morgan fingerprint density at radius 3 is 2.67 bits per heavy atom. The smallest absolute Gasteiger partial charge is 0.335 e. The van der Waals surface area contributed by atoms with Crippen molar-refractivity contribution < 1.29 is 24.2 Å². The zero-order chi connectivity index (χ0) is 19.2. The van der Waals surface area contributed by atoms with Gasteiger partial charge in [0.05, 0.1) is 23.8 Å². The number of amides is 1. The van der Waals surface area contributed by atoms with Crippen LogP contribution < -0.4 is 10.1 Å². The maximum Gasteiger partial charge on any atom is 0.335 e. The minimum absolute atomic E-state index is 0.0989. The molecule has 0 aromatic heterocycles. The molecular weight excluding hydrogens is 346 g/mol. The number of benzene rings is 2. The van der Waals surface area contributed by atoms with Crippen LogP contribution in [0.5, 0.6) is 5.75 Å². The molecule has 1 fully saturated rings. The van der Waals surface area contributed by atoms with Crippen molar-refractivity contribution in [3.05, 3.63) is 59.2 Å².